The molecule has 0 bridgehead atoms. The summed E-state index contributed by atoms with van der Waals surface area (Å²) in [4.78, 5) is 4.48. The zero-order chi connectivity index (χ0) is 24.8. The topological polar surface area (TPSA) is 138 Å². The maximum absolute atomic E-state index is 10.7. The molecule has 1 aromatic carbocycles. The number of nitrogens with zero attached hydrogens (tertiary/aromatic N) is 1. The molecule has 1 aliphatic rings. The van der Waals surface area contributed by atoms with E-state index < -0.39 is 30.6 Å². The van der Waals surface area contributed by atoms with Crippen LogP contribution in [0.25, 0.3) is 0 Å². The van der Waals surface area contributed by atoms with Crippen LogP contribution in [0, 0.1) is 0 Å². The first-order chi connectivity index (χ1) is 16.6. The van der Waals surface area contributed by atoms with Crippen molar-refractivity contribution in [2.24, 2.45) is 4.99 Å². The Morgan fingerprint density at radius 3 is 2.35 bits per heavy atom. The lowest BCUT2D eigenvalue weighted by molar-refractivity contribution is -0.262. The standard InChI is InChI=1S/C23H37NO10/c1-4-30-9-11-33-18-13-16(5-6-17(18)32-12-10-31-8-7-25)14-24-20-21(27)22(28-2)19(15-26)34-23(20)29-3/h5-6,13-14,19-23,25-27H,4,7-12,15H2,1-3H3. The number of hydrogen-bond acceptors (Lipinski definition) is 11. The Kier molecular flexibility index (Phi) is 13.3. The summed E-state index contributed by atoms with van der Waals surface area (Å²) in [6.07, 6.45) is -1.78. The van der Waals surface area contributed by atoms with E-state index >= 15 is 0 Å². The molecule has 11 heteroatoms. The van der Waals surface area contributed by atoms with Gasteiger partial charge < -0.3 is 48.5 Å². The minimum atomic E-state index is -1.04. The maximum Gasteiger partial charge on any atom is 0.182 e. The van der Waals surface area contributed by atoms with Crippen LogP contribution in [0.5, 0.6) is 11.5 Å². The smallest absolute Gasteiger partial charge is 0.182 e. The summed E-state index contributed by atoms with van der Waals surface area (Å²) >= 11 is 0. The van der Waals surface area contributed by atoms with E-state index in [2.05, 4.69) is 4.99 Å². The number of rotatable bonds is 16. The van der Waals surface area contributed by atoms with Crippen molar-refractivity contribution in [3.05, 3.63) is 23.8 Å². The van der Waals surface area contributed by atoms with Gasteiger partial charge in [-0.2, -0.15) is 0 Å². The number of aliphatic hydroxyl groups excluding tert-OH is 3. The van der Waals surface area contributed by atoms with Crippen molar-refractivity contribution in [3.63, 3.8) is 0 Å². The predicted octanol–water partition coefficient (Wildman–Crippen LogP) is 0.0166. The van der Waals surface area contributed by atoms with E-state index in [0.29, 0.717) is 50.1 Å². The van der Waals surface area contributed by atoms with Crippen LogP contribution in [-0.4, -0.2) is 119 Å². The minimum Gasteiger partial charge on any atom is -0.487 e. The number of hydrogen-bond donors (Lipinski definition) is 3. The highest BCUT2D eigenvalue weighted by Crippen LogP contribution is 2.29. The van der Waals surface area contributed by atoms with Crippen LogP contribution in [-0.2, 0) is 23.7 Å². The van der Waals surface area contributed by atoms with Gasteiger partial charge in [0.25, 0.3) is 0 Å². The molecule has 2 rings (SSSR count). The zero-order valence-electron chi connectivity index (χ0n) is 20.0. The molecule has 5 atom stereocenters. The molecular formula is C23H37NO10. The van der Waals surface area contributed by atoms with Crippen molar-refractivity contribution in [1.29, 1.82) is 0 Å². The molecule has 1 fully saturated rings. The Morgan fingerprint density at radius 1 is 0.971 bits per heavy atom. The molecule has 194 valence electrons. The molecule has 1 aromatic rings. The van der Waals surface area contributed by atoms with Gasteiger partial charge in [0.1, 0.15) is 37.6 Å². The summed E-state index contributed by atoms with van der Waals surface area (Å²) in [6, 6.07) is 4.55. The fourth-order valence-electron chi connectivity index (χ4n) is 3.44. The highest BCUT2D eigenvalue weighted by atomic mass is 16.7. The normalized spacial score (nSPS) is 25.1. The van der Waals surface area contributed by atoms with Gasteiger partial charge in [-0.25, -0.2) is 0 Å². The summed E-state index contributed by atoms with van der Waals surface area (Å²) < 4.78 is 38.5. The molecule has 0 aliphatic carbocycles. The maximum atomic E-state index is 10.7. The van der Waals surface area contributed by atoms with Crippen molar-refractivity contribution in [3.8, 4) is 11.5 Å². The first-order valence-corrected chi connectivity index (χ1v) is 11.3. The van der Waals surface area contributed by atoms with Gasteiger partial charge in [0, 0.05) is 27.0 Å². The molecule has 1 heterocycles. The third-order valence-electron chi connectivity index (χ3n) is 5.10. The molecule has 0 saturated carbocycles. The molecule has 5 unspecified atom stereocenters. The number of methoxy groups -OCH3 is 2. The van der Waals surface area contributed by atoms with Crippen molar-refractivity contribution in [2.45, 2.75) is 37.6 Å². The monoisotopic (exact) mass is 487 g/mol. The largest absolute Gasteiger partial charge is 0.487 e. The lowest BCUT2D eigenvalue weighted by Crippen LogP contribution is -2.59. The van der Waals surface area contributed by atoms with E-state index in [9.17, 15) is 10.2 Å². The Hall–Kier alpha value is -1.83. The summed E-state index contributed by atoms with van der Waals surface area (Å²) in [7, 11) is 2.88. The van der Waals surface area contributed by atoms with Crippen LogP contribution in [0.4, 0.5) is 0 Å². The number of aliphatic hydroxyl groups is 3. The minimum absolute atomic E-state index is 0.0454. The van der Waals surface area contributed by atoms with Gasteiger partial charge in [0.05, 0.1) is 33.0 Å². The predicted molar refractivity (Wildman–Crippen MR) is 123 cm³/mol. The van der Waals surface area contributed by atoms with Crippen molar-refractivity contribution in [2.75, 3.05) is 67.1 Å². The average Bonchev–Trinajstić information content (AvgIpc) is 2.86. The fraction of sp³-hybridized carbons (Fsp3) is 0.696. The lowest BCUT2D eigenvalue weighted by atomic mass is 9.97. The summed E-state index contributed by atoms with van der Waals surface area (Å²) in [6.45, 7) is 3.77. The molecule has 1 saturated heterocycles. The Bertz CT molecular complexity index is 719. The summed E-state index contributed by atoms with van der Waals surface area (Å²) in [5.41, 5.74) is 0.704. The molecule has 0 radical (unpaired) electrons. The second-order valence-electron chi connectivity index (χ2n) is 7.36. The van der Waals surface area contributed by atoms with E-state index in [1.807, 2.05) is 6.92 Å². The van der Waals surface area contributed by atoms with E-state index in [1.165, 1.54) is 14.2 Å². The SMILES string of the molecule is CCOCCOc1cc(C=NC2C(OC)OC(CO)C(OC)C2O)ccc1OCCOCCO. The Balaban J connectivity index is 2.14. The van der Waals surface area contributed by atoms with Gasteiger partial charge in [-0.05, 0) is 30.7 Å². The lowest BCUT2D eigenvalue weighted by Gasteiger charge is -2.41. The third kappa shape index (κ3) is 8.43. The molecule has 0 amide bonds. The average molecular weight is 488 g/mol. The molecule has 11 nitrogen and oxygen atoms in total. The molecular weight excluding hydrogens is 450 g/mol. The van der Waals surface area contributed by atoms with Crippen LogP contribution in [0.15, 0.2) is 23.2 Å². The van der Waals surface area contributed by atoms with Crippen molar-refractivity contribution < 1.29 is 48.5 Å². The highest BCUT2D eigenvalue weighted by Gasteiger charge is 2.45. The zero-order valence-corrected chi connectivity index (χ0v) is 20.0. The van der Waals surface area contributed by atoms with E-state index in [0.717, 1.165) is 0 Å². The van der Waals surface area contributed by atoms with Crippen LogP contribution in [0.1, 0.15) is 12.5 Å². The molecule has 0 aromatic heterocycles. The van der Waals surface area contributed by atoms with E-state index in [-0.39, 0.29) is 19.8 Å². The second kappa shape index (κ2) is 16.0. The first kappa shape index (κ1) is 28.4. The Labute approximate surface area is 200 Å². The van der Waals surface area contributed by atoms with Crippen molar-refractivity contribution in [1.82, 2.24) is 0 Å². The first-order valence-electron chi connectivity index (χ1n) is 11.3. The fourth-order valence-corrected chi connectivity index (χ4v) is 3.44. The highest BCUT2D eigenvalue weighted by molar-refractivity contribution is 5.81. The quantitative estimate of drug-likeness (QED) is 0.216. The van der Waals surface area contributed by atoms with Gasteiger partial charge >= 0.3 is 0 Å². The van der Waals surface area contributed by atoms with Gasteiger partial charge in [-0.15, -0.1) is 0 Å². The summed E-state index contributed by atoms with van der Waals surface area (Å²) in [5, 5.41) is 29.0. The van der Waals surface area contributed by atoms with Gasteiger partial charge in [-0.1, -0.05) is 0 Å². The number of ether oxygens (including phenoxy) is 7. The molecule has 34 heavy (non-hydrogen) atoms. The summed E-state index contributed by atoms with van der Waals surface area (Å²) in [5.74, 6) is 1.03. The second-order valence-corrected chi connectivity index (χ2v) is 7.36. The van der Waals surface area contributed by atoms with Crippen molar-refractivity contribution >= 4 is 6.21 Å². The van der Waals surface area contributed by atoms with Crippen LogP contribution in [0.3, 0.4) is 0 Å². The third-order valence-corrected chi connectivity index (χ3v) is 5.10. The van der Waals surface area contributed by atoms with E-state index in [1.54, 1.807) is 24.4 Å². The van der Waals surface area contributed by atoms with E-state index in [4.69, 9.17) is 38.3 Å². The number of benzene rings is 1. The van der Waals surface area contributed by atoms with Gasteiger partial charge in [0.2, 0.25) is 0 Å². The number of aliphatic imine (C=N–C) groups is 1. The Morgan fingerprint density at radius 2 is 1.71 bits per heavy atom. The van der Waals surface area contributed by atoms with Crippen LogP contribution in [0.2, 0.25) is 0 Å². The molecule has 1 aliphatic heterocycles. The van der Waals surface area contributed by atoms with Crippen LogP contribution >= 0.6 is 0 Å². The molecule has 3 N–H and O–H groups in total. The van der Waals surface area contributed by atoms with Crippen LogP contribution < -0.4 is 9.47 Å². The van der Waals surface area contributed by atoms with Gasteiger partial charge in [0.15, 0.2) is 17.8 Å². The van der Waals surface area contributed by atoms with Gasteiger partial charge in [-0.3, -0.25) is 4.99 Å². The molecule has 0 spiro atoms.